The second-order valence-corrected chi connectivity index (χ2v) is 8.15. The maximum Gasteiger partial charge on any atom is 0.331 e. The number of carboxylic acids is 1. The molecule has 1 N–H and O–H groups in total. The van der Waals surface area contributed by atoms with E-state index in [0.29, 0.717) is 12.0 Å². The van der Waals surface area contributed by atoms with E-state index >= 15 is 0 Å². The Morgan fingerprint density at radius 3 is 1.65 bits per heavy atom. The monoisotopic (exact) mass is 408 g/mol. The lowest BCUT2D eigenvalue weighted by Crippen LogP contribution is -2.13. The minimum absolute atomic E-state index is 0.0575. The van der Waals surface area contributed by atoms with E-state index in [4.69, 9.17) is 0 Å². The van der Waals surface area contributed by atoms with Gasteiger partial charge in [-0.25, -0.2) is 4.79 Å². The minimum atomic E-state index is -0.785. The molecule has 1 aliphatic rings. The molecule has 0 unspecified atom stereocenters. The molecule has 0 saturated heterocycles. The number of hydrogen-bond acceptors (Lipinski definition) is 1. The Bertz CT molecular complexity index is 1050. The van der Waals surface area contributed by atoms with Crippen molar-refractivity contribution in [2.75, 3.05) is 0 Å². The van der Waals surface area contributed by atoms with Crippen LogP contribution < -0.4 is 0 Å². The predicted molar refractivity (Wildman–Crippen MR) is 127 cm³/mol. The Kier molecular flexibility index (Phi) is 6.47. The summed E-state index contributed by atoms with van der Waals surface area (Å²) < 4.78 is 0. The van der Waals surface area contributed by atoms with E-state index in [1.165, 1.54) is 16.7 Å². The van der Waals surface area contributed by atoms with Crippen LogP contribution in [0.3, 0.4) is 0 Å². The second kappa shape index (κ2) is 9.61. The molecule has 0 fully saturated rings. The predicted octanol–water partition coefficient (Wildman–Crippen LogP) is 7.25. The molecule has 4 rings (SSSR count). The van der Waals surface area contributed by atoms with Crippen LogP contribution >= 0.6 is 0 Å². The molecule has 0 heterocycles. The van der Waals surface area contributed by atoms with Crippen molar-refractivity contribution in [2.24, 2.45) is 0 Å². The van der Waals surface area contributed by atoms with Crippen LogP contribution in [0.4, 0.5) is 0 Å². The van der Waals surface area contributed by atoms with Crippen molar-refractivity contribution in [3.05, 3.63) is 124 Å². The number of carbonyl (C=O) groups is 1. The Labute approximate surface area is 184 Å². The minimum Gasteiger partial charge on any atom is -0.478 e. The van der Waals surface area contributed by atoms with E-state index in [2.05, 4.69) is 67.6 Å². The zero-order valence-corrected chi connectivity index (χ0v) is 17.9. The van der Waals surface area contributed by atoms with Crippen LogP contribution in [0.15, 0.2) is 108 Å². The van der Waals surface area contributed by atoms with Gasteiger partial charge in [0.25, 0.3) is 0 Å². The summed E-state index contributed by atoms with van der Waals surface area (Å²) in [6, 6.07) is 31.3. The molecule has 0 saturated carbocycles. The molecular weight excluding hydrogens is 380 g/mol. The Morgan fingerprint density at radius 1 is 0.710 bits per heavy atom. The van der Waals surface area contributed by atoms with Crippen molar-refractivity contribution in [1.82, 2.24) is 0 Å². The van der Waals surface area contributed by atoms with Crippen molar-refractivity contribution in [3.8, 4) is 0 Å². The molecule has 0 amide bonds. The summed E-state index contributed by atoms with van der Waals surface area (Å²) in [5.74, 6) is -0.728. The summed E-state index contributed by atoms with van der Waals surface area (Å²) in [5.41, 5.74) is 7.38. The molecule has 1 aliphatic carbocycles. The van der Waals surface area contributed by atoms with Gasteiger partial charge in [0, 0.05) is 11.5 Å². The number of allylic oxidation sites excluding steroid dienone is 3. The van der Waals surface area contributed by atoms with Gasteiger partial charge in [-0.1, -0.05) is 96.6 Å². The van der Waals surface area contributed by atoms with Crippen LogP contribution in [-0.4, -0.2) is 11.1 Å². The third kappa shape index (κ3) is 4.54. The Morgan fingerprint density at radius 2 is 1.16 bits per heavy atom. The van der Waals surface area contributed by atoms with Crippen molar-refractivity contribution in [1.29, 1.82) is 0 Å². The summed E-state index contributed by atoms with van der Waals surface area (Å²) in [5, 5.41) is 9.98. The molecule has 2 nitrogen and oxygen atoms in total. The average Bonchev–Trinajstić information content (AvgIpc) is 2.82. The molecule has 3 aromatic carbocycles. The summed E-state index contributed by atoms with van der Waals surface area (Å²) in [6.45, 7) is 2.17. The third-order valence-electron chi connectivity index (χ3n) is 6.18. The van der Waals surface area contributed by atoms with E-state index in [-0.39, 0.29) is 5.92 Å². The highest BCUT2D eigenvalue weighted by Gasteiger charge is 2.26. The van der Waals surface area contributed by atoms with Crippen LogP contribution in [0.2, 0.25) is 0 Å². The largest absolute Gasteiger partial charge is 0.478 e. The number of aliphatic carboxylic acids is 1. The van der Waals surface area contributed by atoms with Gasteiger partial charge in [-0.2, -0.15) is 0 Å². The van der Waals surface area contributed by atoms with Crippen molar-refractivity contribution in [3.63, 3.8) is 0 Å². The van der Waals surface area contributed by atoms with E-state index in [0.717, 1.165) is 36.0 Å². The van der Waals surface area contributed by atoms with Gasteiger partial charge in [-0.05, 0) is 60.4 Å². The van der Waals surface area contributed by atoms with Crippen LogP contribution in [0.25, 0.3) is 5.57 Å². The smallest absolute Gasteiger partial charge is 0.331 e. The fourth-order valence-corrected chi connectivity index (χ4v) is 4.79. The highest BCUT2D eigenvalue weighted by Crippen LogP contribution is 2.43. The maximum absolute atomic E-state index is 12.2. The van der Waals surface area contributed by atoms with Gasteiger partial charge in [0.05, 0.1) is 0 Å². The third-order valence-corrected chi connectivity index (χ3v) is 6.18. The van der Waals surface area contributed by atoms with Crippen LogP contribution in [0.1, 0.15) is 55.2 Å². The molecule has 0 atom stereocenters. The topological polar surface area (TPSA) is 37.3 Å². The lowest BCUT2D eigenvalue weighted by molar-refractivity contribution is -0.132. The average molecular weight is 409 g/mol. The zero-order valence-electron chi connectivity index (χ0n) is 17.9. The first-order valence-electron chi connectivity index (χ1n) is 11.0. The normalized spacial score (nSPS) is 15.0. The fraction of sp³-hybridized carbons (Fsp3) is 0.207. The molecular formula is C29H28O2. The maximum atomic E-state index is 12.2. The van der Waals surface area contributed by atoms with E-state index in [9.17, 15) is 9.90 Å². The van der Waals surface area contributed by atoms with Gasteiger partial charge in [-0.3, -0.25) is 0 Å². The van der Waals surface area contributed by atoms with Crippen LogP contribution in [-0.2, 0) is 4.79 Å². The van der Waals surface area contributed by atoms with Gasteiger partial charge < -0.3 is 5.11 Å². The Balaban J connectivity index is 2.01. The van der Waals surface area contributed by atoms with E-state index < -0.39 is 5.97 Å². The summed E-state index contributed by atoms with van der Waals surface area (Å²) in [7, 11) is 0. The standard InChI is InChI=1S/C29H28O2/c1-21(27(22-13-5-2-6-14-22)23-15-7-3-8-16-23)28(24-17-9-4-10-18-24)25-19-11-12-20-26(25)29(30)31/h2-10,13-18,27H,11-12,19-20H2,1H3,(H,30,31). The van der Waals surface area contributed by atoms with Crippen LogP contribution in [0, 0.1) is 0 Å². The number of hydrogen-bond donors (Lipinski definition) is 1. The van der Waals surface area contributed by atoms with Crippen molar-refractivity contribution in [2.45, 2.75) is 38.5 Å². The second-order valence-electron chi connectivity index (χ2n) is 8.15. The summed E-state index contributed by atoms with van der Waals surface area (Å²) >= 11 is 0. The molecule has 0 aliphatic heterocycles. The molecule has 2 heteroatoms. The lowest BCUT2D eigenvalue weighted by Gasteiger charge is -2.27. The number of carboxylic acid groups (broad SMARTS) is 1. The number of rotatable bonds is 6. The molecule has 0 aromatic heterocycles. The zero-order chi connectivity index (χ0) is 21.6. The SMILES string of the molecule is CC(=C(C1=C(C(=O)O)CCCC1)c1ccccc1)C(c1ccccc1)c1ccccc1. The van der Waals surface area contributed by atoms with Gasteiger partial charge in [-0.15, -0.1) is 0 Å². The van der Waals surface area contributed by atoms with Gasteiger partial charge in [0.1, 0.15) is 0 Å². The van der Waals surface area contributed by atoms with Crippen molar-refractivity contribution < 1.29 is 9.90 Å². The van der Waals surface area contributed by atoms with Gasteiger partial charge in [0.15, 0.2) is 0 Å². The Hall–Kier alpha value is -3.39. The van der Waals surface area contributed by atoms with Gasteiger partial charge in [0.2, 0.25) is 0 Å². The summed E-state index contributed by atoms with van der Waals surface area (Å²) in [4.78, 5) is 12.2. The molecule has 0 radical (unpaired) electrons. The number of benzene rings is 3. The molecule has 156 valence electrons. The first-order valence-corrected chi connectivity index (χ1v) is 11.0. The molecule has 0 bridgehead atoms. The van der Waals surface area contributed by atoms with E-state index in [1.54, 1.807) is 0 Å². The van der Waals surface area contributed by atoms with Gasteiger partial charge >= 0.3 is 5.97 Å². The first-order chi connectivity index (χ1) is 15.2. The van der Waals surface area contributed by atoms with Crippen LogP contribution in [0.5, 0.6) is 0 Å². The molecule has 31 heavy (non-hydrogen) atoms. The summed E-state index contributed by atoms with van der Waals surface area (Å²) in [6.07, 6.45) is 3.40. The van der Waals surface area contributed by atoms with Crippen molar-refractivity contribution >= 4 is 11.5 Å². The lowest BCUT2D eigenvalue weighted by atomic mass is 9.76. The van der Waals surface area contributed by atoms with E-state index in [1.807, 2.05) is 30.3 Å². The molecule has 3 aromatic rings. The highest BCUT2D eigenvalue weighted by atomic mass is 16.4. The fourth-order valence-electron chi connectivity index (χ4n) is 4.79. The highest BCUT2D eigenvalue weighted by molar-refractivity contribution is 5.95. The first kappa shape index (κ1) is 20.9. The molecule has 0 spiro atoms. The quantitative estimate of drug-likeness (QED) is 0.466.